The third kappa shape index (κ3) is 4.28. The molecule has 5 nitrogen and oxygen atoms in total. The number of halogens is 2. The molecule has 138 valence electrons. The Morgan fingerprint density at radius 3 is 2.54 bits per heavy atom. The molecule has 1 atom stereocenters. The molecule has 2 aromatic rings. The number of amides is 1. The normalized spacial score (nSPS) is 18.5. The molecule has 0 aromatic heterocycles. The Bertz CT molecular complexity index is 903. The average molecular weight is 458 g/mol. The maximum absolute atomic E-state index is 12.8. The number of nitrogens with one attached hydrogen (secondary N) is 1. The third-order valence-corrected chi connectivity index (χ3v) is 7.16. The number of nitrogens with zero attached hydrogens (tertiary/aromatic N) is 1. The molecule has 2 aromatic carbocycles. The summed E-state index contributed by atoms with van der Waals surface area (Å²) in [6, 6.07) is 13.4. The fourth-order valence-electron chi connectivity index (χ4n) is 2.93. The van der Waals surface area contributed by atoms with E-state index in [-0.39, 0.29) is 17.3 Å². The van der Waals surface area contributed by atoms with E-state index in [1.807, 2.05) is 18.2 Å². The zero-order valence-corrected chi connectivity index (χ0v) is 17.0. The molecule has 0 spiro atoms. The highest BCUT2D eigenvalue weighted by Crippen LogP contribution is 2.27. The second kappa shape index (κ2) is 8.08. The van der Waals surface area contributed by atoms with Crippen LogP contribution < -0.4 is 5.32 Å². The molecule has 0 radical (unpaired) electrons. The molecule has 0 unspecified atom stereocenters. The van der Waals surface area contributed by atoms with Crippen molar-refractivity contribution >= 4 is 49.1 Å². The first-order chi connectivity index (χ1) is 12.4. The lowest BCUT2D eigenvalue weighted by molar-refractivity contribution is -0.120. The van der Waals surface area contributed by atoms with Gasteiger partial charge < -0.3 is 5.32 Å². The van der Waals surface area contributed by atoms with Gasteiger partial charge in [-0.2, -0.15) is 4.31 Å². The fraction of sp³-hybridized carbons (Fsp3) is 0.278. The quantitative estimate of drug-likeness (QED) is 0.750. The van der Waals surface area contributed by atoms with Gasteiger partial charge in [-0.3, -0.25) is 4.79 Å². The van der Waals surface area contributed by atoms with Gasteiger partial charge >= 0.3 is 0 Å². The van der Waals surface area contributed by atoms with Crippen LogP contribution in [0, 0.1) is 5.92 Å². The molecule has 1 amide bonds. The number of hydrogen-bond acceptors (Lipinski definition) is 3. The molecule has 1 aliphatic heterocycles. The Kier molecular flexibility index (Phi) is 6.02. The molecule has 0 aliphatic carbocycles. The van der Waals surface area contributed by atoms with Crippen LogP contribution in [0.2, 0.25) is 5.02 Å². The van der Waals surface area contributed by atoms with Crippen molar-refractivity contribution in [3.05, 3.63) is 58.0 Å². The second-order valence-electron chi connectivity index (χ2n) is 6.13. The monoisotopic (exact) mass is 456 g/mol. The highest BCUT2D eigenvalue weighted by molar-refractivity contribution is 9.10. The molecular formula is C18H18BrClN2O3S. The van der Waals surface area contributed by atoms with Crippen LogP contribution in [-0.4, -0.2) is 31.7 Å². The largest absolute Gasteiger partial charge is 0.325 e. The Labute approximate surface area is 166 Å². The molecule has 1 N–H and O–H groups in total. The maximum atomic E-state index is 12.8. The number of piperidine rings is 1. The second-order valence-corrected chi connectivity index (χ2v) is 9.35. The van der Waals surface area contributed by atoms with Gasteiger partial charge in [0, 0.05) is 22.6 Å². The SMILES string of the molecule is O=C(Nc1ccccc1Br)[C@@H]1CCCN(S(=O)(=O)c2ccc(Cl)cc2)C1. The van der Waals surface area contributed by atoms with E-state index >= 15 is 0 Å². The summed E-state index contributed by atoms with van der Waals surface area (Å²) in [4.78, 5) is 12.8. The van der Waals surface area contributed by atoms with Crippen molar-refractivity contribution in [2.45, 2.75) is 17.7 Å². The van der Waals surface area contributed by atoms with Gasteiger partial charge in [0.2, 0.25) is 15.9 Å². The first-order valence-corrected chi connectivity index (χ1v) is 10.8. The molecule has 8 heteroatoms. The van der Waals surface area contributed by atoms with Gasteiger partial charge in [-0.05, 0) is 65.2 Å². The number of carbonyl (C=O) groups is 1. The lowest BCUT2D eigenvalue weighted by Gasteiger charge is -2.31. The number of hydrogen-bond donors (Lipinski definition) is 1. The molecule has 1 fully saturated rings. The van der Waals surface area contributed by atoms with Crippen molar-refractivity contribution in [1.82, 2.24) is 4.31 Å². The van der Waals surface area contributed by atoms with Gasteiger partial charge in [-0.25, -0.2) is 8.42 Å². The predicted molar refractivity (Wildman–Crippen MR) is 106 cm³/mol. The van der Waals surface area contributed by atoms with E-state index < -0.39 is 15.9 Å². The van der Waals surface area contributed by atoms with Crippen molar-refractivity contribution in [3.8, 4) is 0 Å². The summed E-state index contributed by atoms with van der Waals surface area (Å²) in [7, 11) is -3.64. The highest BCUT2D eigenvalue weighted by Gasteiger charge is 2.33. The molecule has 1 aliphatic rings. The number of para-hydroxylation sites is 1. The fourth-order valence-corrected chi connectivity index (χ4v) is 4.96. The molecule has 0 saturated carbocycles. The standard InChI is InChI=1S/C18H18BrClN2O3S/c19-16-5-1-2-6-17(16)21-18(23)13-4-3-11-22(12-13)26(24,25)15-9-7-14(20)8-10-15/h1-2,5-10,13H,3-4,11-12H2,(H,21,23)/t13-/m1/s1. The van der Waals surface area contributed by atoms with Crippen LogP contribution in [0.1, 0.15) is 12.8 Å². The lowest BCUT2D eigenvalue weighted by atomic mass is 9.99. The maximum Gasteiger partial charge on any atom is 0.243 e. The van der Waals surface area contributed by atoms with Crippen LogP contribution in [0.5, 0.6) is 0 Å². The van der Waals surface area contributed by atoms with Crippen molar-refractivity contribution < 1.29 is 13.2 Å². The molecular weight excluding hydrogens is 440 g/mol. The Hall–Kier alpha value is -1.41. The minimum absolute atomic E-state index is 0.168. The Morgan fingerprint density at radius 1 is 1.15 bits per heavy atom. The van der Waals surface area contributed by atoms with Crippen LogP contribution in [-0.2, 0) is 14.8 Å². The summed E-state index contributed by atoms with van der Waals surface area (Å²) in [6.45, 7) is 0.574. The molecule has 0 bridgehead atoms. The van der Waals surface area contributed by atoms with Crippen molar-refractivity contribution in [2.75, 3.05) is 18.4 Å². The van der Waals surface area contributed by atoms with E-state index in [1.165, 1.54) is 16.4 Å². The number of anilines is 1. The summed E-state index contributed by atoms with van der Waals surface area (Å²) in [5.74, 6) is -0.564. The van der Waals surface area contributed by atoms with E-state index in [0.29, 0.717) is 30.1 Å². The van der Waals surface area contributed by atoms with Crippen LogP contribution in [0.3, 0.4) is 0 Å². The summed E-state index contributed by atoms with van der Waals surface area (Å²) >= 11 is 9.23. The zero-order chi connectivity index (χ0) is 18.7. The van der Waals surface area contributed by atoms with E-state index in [2.05, 4.69) is 21.2 Å². The van der Waals surface area contributed by atoms with Gasteiger partial charge in [-0.1, -0.05) is 23.7 Å². The van der Waals surface area contributed by atoms with Crippen molar-refractivity contribution in [2.24, 2.45) is 5.92 Å². The summed E-state index contributed by atoms with van der Waals surface area (Å²) in [6.07, 6.45) is 1.30. The van der Waals surface area contributed by atoms with Crippen LogP contribution in [0.25, 0.3) is 0 Å². The van der Waals surface area contributed by atoms with Crippen LogP contribution in [0.4, 0.5) is 5.69 Å². The topological polar surface area (TPSA) is 66.5 Å². The van der Waals surface area contributed by atoms with Crippen LogP contribution >= 0.6 is 27.5 Å². The number of rotatable bonds is 4. The van der Waals surface area contributed by atoms with Gasteiger partial charge in [0.15, 0.2) is 0 Å². The van der Waals surface area contributed by atoms with Gasteiger partial charge in [0.25, 0.3) is 0 Å². The molecule has 1 saturated heterocycles. The van der Waals surface area contributed by atoms with Crippen LogP contribution in [0.15, 0.2) is 57.9 Å². The van der Waals surface area contributed by atoms with Crippen molar-refractivity contribution in [1.29, 1.82) is 0 Å². The third-order valence-electron chi connectivity index (χ3n) is 4.34. The minimum Gasteiger partial charge on any atom is -0.325 e. The minimum atomic E-state index is -3.64. The molecule has 3 rings (SSSR count). The first kappa shape index (κ1) is 19.4. The highest BCUT2D eigenvalue weighted by atomic mass is 79.9. The Morgan fingerprint density at radius 2 is 1.85 bits per heavy atom. The lowest BCUT2D eigenvalue weighted by Crippen LogP contribution is -2.43. The number of carbonyl (C=O) groups excluding carboxylic acids is 1. The molecule has 1 heterocycles. The molecule has 26 heavy (non-hydrogen) atoms. The van der Waals surface area contributed by atoms with Crippen molar-refractivity contribution in [3.63, 3.8) is 0 Å². The summed E-state index contributed by atoms with van der Waals surface area (Å²) in [5, 5.41) is 3.35. The zero-order valence-electron chi connectivity index (χ0n) is 13.9. The summed E-state index contributed by atoms with van der Waals surface area (Å²) in [5.41, 5.74) is 0.676. The average Bonchev–Trinajstić information content (AvgIpc) is 2.64. The van der Waals surface area contributed by atoms with E-state index in [9.17, 15) is 13.2 Å². The van der Waals surface area contributed by atoms with Gasteiger partial charge in [-0.15, -0.1) is 0 Å². The smallest absolute Gasteiger partial charge is 0.243 e. The summed E-state index contributed by atoms with van der Waals surface area (Å²) < 4.78 is 27.8. The first-order valence-electron chi connectivity index (χ1n) is 8.19. The van der Waals surface area contributed by atoms with Gasteiger partial charge in [0.05, 0.1) is 16.5 Å². The number of sulfonamides is 1. The Balaban J connectivity index is 1.73. The predicted octanol–water partition coefficient (Wildman–Crippen LogP) is 4.14. The van der Waals surface area contributed by atoms with Gasteiger partial charge in [0.1, 0.15) is 0 Å². The van der Waals surface area contributed by atoms with E-state index in [1.54, 1.807) is 18.2 Å². The number of benzene rings is 2. The van der Waals surface area contributed by atoms with E-state index in [4.69, 9.17) is 11.6 Å². The van der Waals surface area contributed by atoms with E-state index in [0.717, 1.165) is 4.47 Å².